The van der Waals surface area contributed by atoms with Crippen LogP contribution in [0.15, 0.2) is 12.1 Å². The first-order valence-electron chi connectivity index (χ1n) is 5.30. The summed E-state index contributed by atoms with van der Waals surface area (Å²) in [7, 11) is 0. The molecule has 0 heterocycles. The molecule has 1 aromatic rings. The molecule has 1 aliphatic carbocycles. The van der Waals surface area contributed by atoms with Crippen LogP contribution in [0.4, 0.5) is 8.78 Å². The number of rotatable bonds is 2. The van der Waals surface area contributed by atoms with E-state index < -0.39 is 17.2 Å². The van der Waals surface area contributed by atoms with Crippen molar-refractivity contribution in [2.75, 3.05) is 0 Å². The average molecular weight is 225 g/mol. The van der Waals surface area contributed by atoms with Crippen LogP contribution >= 0.6 is 0 Å². The Balaban J connectivity index is 2.54. The van der Waals surface area contributed by atoms with Gasteiger partial charge in [-0.15, -0.1) is 0 Å². The topological polar surface area (TPSA) is 43.1 Å². The van der Waals surface area contributed by atoms with E-state index >= 15 is 0 Å². The lowest BCUT2D eigenvalue weighted by atomic mass is 9.86. The van der Waals surface area contributed by atoms with Crippen molar-refractivity contribution >= 4 is 6.29 Å². The minimum Gasteiger partial charge on any atom is -0.321 e. The minimum absolute atomic E-state index is 0.156. The number of carbonyl (C=O) groups excluding carboxylic acids is 1. The summed E-state index contributed by atoms with van der Waals surface area (Å²) in [6.45, 7) is 0. The van der Waals surface area contributed by atoms with Crippen LogP contribution in [-0.4, -0.2) is 6.29 Å². The van der Waals surface area contributed by atoms with E-state index in [0.717, 1.165) is 25.0 Å². The first-order valence-corrected chi connectivity index (χ1v) is 5.30. The van der Waals surface area contributed by atoms with Crippen molar-refractivity contribution in [2.45, 2.75) is 31.2 Å². The fraction of sp³-hybridized carbons (Fsp3) is 0.417. The first-order chi connectivity index (χ1) is 7.57. The molecule has 0 aromatic heterocycles. The molecular formula is C12H13F2NO. The molecule has 0 amide bonds. The summed E-state index contributed by atoms with van der Waals surface area (Å²) in [5.41, 5.74) is 6.04. The van der Waals surface area contributed by atoms with Crippen molar-refractivity contribution in [1.82, 2.24) is 0 Å². The maximum atomic E-state index is 13.2. The zero-order valence-electron chi connectivity index (χ0n) is 8.80. The molecule has 0 saturated heterocycles. The van der Waals surface area contributed by atoms with Crippen molar-refractivity contribution in [2.24, 2.45) is 5.73 Å². The summed E-state index contributed by atoms with van der Waals surface area (Å²) in [5.74, 6) is -1.95. The van der Waals surface area contributed by atoms with E-state index in [1.807, 2.05) is 0 Å². The van der Waals surface area contributed by atoms with E-state index in [4.69, 9.17) is 5.73 Å². The highest BCUT2D eigenvalue weighted by Gasteiger charge is 2.33. The fourth-order valence-electron chi connectivity index (χ4n) is 2.37. The molecule has 0 aliphatic heterocycles. The number of benzene rings is 1. The van der Waals surface area contributed by atoms with Crippen molar-refractivity contribution < 1.29 is 13.6 Å². The lowest BCUT2D eigenvalue weighted by molar-refractivity contribution is 0.112. The Kier molecular flexibility index (Phi) is 2.76. The number of carbonyl (C=O) groups is 1. The molecule has 1 aliphatic rings. The van der Waals surface area contributed by atoms with E-state index in [1.54, 1.807) is 0 Å². The standard InChI is InChI=1S/C12H13F2NO/c13-10-5-8(7-16)9(6-11(10)14)12(15)3-1-2-4-12/h5-7H,1-4,15H2. The van der Waals surface area contributed by atoms with Crippen LogP contribution in [0, 0.1) is 11.6 Å². The number of hydrogen-bond donors (Lipinski definition) is 1. The van der Waals surface area contributed by atoms with Gasteiger partial charge in [0.05, 0.1) is 0 Å². The molecule has 1 saturated carbocycles. The third kappa shape index (κ3) is 1.73. The Labute approximate surface area is 92.4 Å². The van der Waals surface area contributed by atoms with Crippen LogP contribution in [0.2, 0.25) is 0 Å². The third-order valence-corrected chi connectivity index (χ3v) is 3.25. The van der Waals surface area contributed by atoms with E-state index in [-0.39, 0.29) is 5.56 Å². The van der Waals surface area contributed by atoms with Gasteiger partial charge in [0.15, 0.2) is 17.9 Å². The second kappa shape index (κ2) is 3.94. The molecule has 2 N–H and O–H groups in total. The predicted molar refractivity (Wildman–Crippen MR) is 56.1 cm³/mol. The van der Waals surface area contributed by atoms with Crippen LogP contribution in [0.25, 0.3) is 0 Å². The molecule has 0 atom stereocenters. The van der Waals surface area contributed by atoms with Crippen LogP contribution in [0.1, 0.15) is 41.6 Å². The van der Waals surface area contributed by atoms with Gasteiger partial charge in [-0.25, -0.2) is 8.78 Å². The predicted octanol–water partition coefficient (Wildman–Crippen LogP) is 2.51. The summed E-state index contributed by atoms with van der Waals surface area (Å²) in [6.07, 6.45) is 3.85. The van der Waals surface area contributed by atoms with E-state index in [9.17, 15) is 13.6 Å². The normalized spacial score (nSPS) is 18.7. The lowest BCUT2D eigenvalue weighted by Gasteiger charge is -2.25. The number of halogens is 2. The SMILES string of the molecule is NC1(c2cc(F)c(F)cc2C=O)CCCC1. The molecule has 1 fully saturated rings. The van der Waals surface area contributed by atoms with Gasteiger partial charge in [-0.2, -0.15) is 0 Å². The lowest BCUT2D eigenvalue weighted by Crippen LogP contribution is -2.34. The number of nitrogens with two attached hydrogens (primary N) is 1. The molecule has 1 aromatic carbocycles. The van der Waals surface area contributed by atoms with Gasteiger partial charge in [-0.05, 0) is 30.5 Å². The molecule has 0 spiro atoms. The quantitative estimate of drug-likeness (QED) is 0.786. The van der Waals surface area contributed by atoms with Crippen molar-refractivity contribution in [3.8, 4) is 0 Å². The molecule has 0 unspecified atom stereocenters. The Bertz CT molecular complexity index is 425. The van der Waals surface area contributed by atoms with Crippen molar-refractivity contribution in [3.63, 3.8) is 0 Å². The van der Waals surface area contributed by atoms with Crippen molar-refractivity contribution in [3.05, 3.63) is 34.9 Å². The Morgan fingerprint density at radius 2 is 1.75 bits per heavy atom. The summed E-state index contributed by atoms with van der Waals surface area (Å²) in [6, 6.07) is 1.98. The summed E-state index contributed by atoms with van der Waals surface area (Å²) < 4.78 is 26.2. The van der Waals surface area contributed by atoms with Gasteiger partial charge in [0.1, 0.15) is 0 Å². The zero-order chi connectivity index (χ0) is 11.8. The first kappa shape index (κ1) is 11.2. The smallest absolute Gasteiger partial charge is 0.159 e. The Morgan fingerprint density at radius 1 is 1.19 bits per heavy atom. The average Bonchev–Trinajstić information content (AvgIpc) is 2.69. The van der Waals surface area contributed by atoms with Gasteiger partial charge in [-0.1, -0.05) is 12.8 Å². The molecule has 0 bridgehead atoms. The molecule has 0 radical (unpaired) electrons. The summed E-state index contributed by atoms with van der Waals surface area (Å²) in [4.78, 5) is 10.8. The number of aldehydes is 1. The van der Waals surface area contributed by atoms with E-state index in [0.29, 0.717) is 24.7 Å². The molecule has 2 nitrogen and oxygen atoms in total. The number of hydrogen-bond acceptors (Lipinski definition) is 2. The monoisotopic (exact) mass is 225 g/mol. The van der Waals surface area contributed by atoms with Gasteiger partial charge in [0, 0.05) is 11.1 Å². The Morgan fingerprint density at radius 3 is 2.31 bits per heavy atom. The summed E-state index contributed by atoms with van der Waals surface area (Å²) >= 11 is 0. The van der Waals surface area contributed by atoms with Gasteiger partial charge >= 0.3 is 0 Å². The van der Waals surface area contributed by atoms with Gasteiger partial charge in [0.25, 0.3) is 0 Å². The second-order valence-corrected chi connectivity index (χ2v) is 4.33. The van der Waals surface area contributed by atoms with Gasteiger partial charge < -0.3 is 5.73 Å². The highest BCUT2D eigenvalue weighted by atomic mass is 19.2. The van der Waals surface area contributed by atoms with E-state index in [1.165, 1.54) is 0 Å². The largest absolute Gasteiger partial charge is 0.321 e. The second-order valence-electron chi connectivity index (χ2n) is 4.33. The molecule has 16 heavy (non-hydrogen) atoms. The maximum Gasteiger partial charge on any atom is 0.159 e. The zero-order valence-corrected chi connectivity index (χ0v) is 8.80. The van der Waals surface area contributed by atoms with Crippen molar-refractivity contribution in [1.29, 1.82) is 0 Å². The van der Waals surface area contributed by atoms with E-state index in [2.05, 4.69) is 0 Å². The highest BCUT2D eigenvalue weighted by Crippen LogP contribution is 2.38. The van der Waals surface area contributed by atoms with Gasteiger partial charge in [-0.3, -0.25) is 4.79 Å². The van der Waals surface area contributed by atoms with Crippen LogP contribution < -0.4 is 5.73 Å². The molecule has 2 rings (SSSR count). The molecule has 4 heteroatoms. The summed E-state index contributed by atoms with van der Waals surface area (Å²) in [5, 5.41) is 0. The highest BCUT2D eigenvalue weighted by molar-refractivity contribution is 5.78. The van der Waals surface area contributed by atoms with Gasteiger partial charge in [0.2, 0.25) is 0 Å². The van der Waals surface area contributed by atoms with Crippen LogP contribution in [0.5, 0.6) is 0 Å². The molecule has 86 valence electrons. The van der Waals surface area contributed by atoms with Crippen LogP contribution in [-0.2, 0) is 5.54 Å². The fourth-order valence-corrected chi connectivity index (χ4v) is 2.37. The Hall–Kier alpha value is -1.29. The third-order valence-electron chi connectivity index (χ3n) is 3.25. The maximum absolute atomic E-state index is 13.2. The van der Waals surface area contributed by atoms with Crippen LogP contribution in [0.3, 0.4) is 0 Å². The molecular weight excluding hydrogens is 212 g/mol. The minimum atomic E-state index is -1.01.